The molecule has 0 unspecified atom stereocenters. The van der Waals surface area contributed by atoms with Crippen molar-refractivity contribution in [3.05, 3.63) is 108 Å². The molecular formula is C20H18Cl2Ti2. The summed E-state index contributed by atoms with van der Waals surface area (Å²) in [6, 6.07) is 16.9. The summed E-state index contributed by atoms with van der Waals surface area (Å²) in [7, 11) is 9.28. The summed E-state index contributed by atoms with van der Waals surface area (Å²) in [6.07, 6.45) is 17.2. The van der Waals surface area contributed by atoms with E-state index in [9.17, 15) is 0 Å². The zero-order valence-corrected chi connectivity index (χ0v) is 17.8. The van der Waals surface area contributed by atoms with Crippen molar-refractivity contribution in [1.29, 1.82) is 0 Å². The maximum absolute atomic E-state index is 4.64. The van der Waals surface area contributed by atoms with E-state index in [1.165, 1.54) is 49.9 Å². The second kappa shape index (κ2) is 13.9. The minimum atomic E-state index is 0.537. The second-order valence-corrected chi connectivity index (χ2v) is 5.03. The van der Waals surface area contributed by atoms with Gasteiger partial charge in [-0.25, -0.2) is 12.1 Å². The number of allylic oxidation sites excluding steroid dienone is 8. The Morgan fingerprint density at radius 2 is 0.958 bits per heavy atom. The fourth-order valence-corrected chi connectivity index (χ4v) is 2.53. The summed E-state index contributed by atoms with van der Waals surface area (Å²) < 4.78 is 0. The van der Waals surface area contributed by atoms with Gasteiger partial charge in [0.05, 0.1) is 0 Å². The first-order chi connectivity index (χ1) is 11.9. The molecule has 0 spiro atoms. The van der Waals surface area contributed by atoms with Crippen LogP contribution in [0.2, 0.25) is 0 Å². The Bertz CT molecular complexity index is 553. The van der Waals surface area contributed by atoms with Crippen LogP contribution in [0.5, 0.6) is 0 Å². The van der Waals surface area contributed by atoms with Crippen LogP contribution in [-0.4, -0.2) is 0 Å². The third kappa shape index (κ3) is 7.28. The Labute approximate surface area is 176 Å². The van der Waals surface area contributed by atoms with Crippen LogP contribution in [0.3, 0.4) is 0 Å². The first-order valence-electron chi connectivity index (χ1n) is 7.44. The van der Waals surface area contributed by atoms with Gasteiger partial charge >= 0.3 is 57.4 Å². The molecule has 24 heavy (non-hydrogen) atoms. The fourth-order valence-electron chi connectivity index (χ4n) is 2.53. The number of rotatable bonds is 2. The van der Waals surface area contributed by atoms with Crippen molar-refractivity contribution in [3.8, 4) is 0 Å². The fraction of sp³-hybridized carbons (Fsp3) is 0.100. The van der Waals surface area contributed by atoms with Gasteiger partial charge in [-0.05, 0) is 11.8 Å². The predicted molar refractivity (Wildman–Crippen MR) is 97.8 cm³/mol. The van der Waals surface area contributed by atoms with Crippen LogP contribution in [0.15, 0.2) is 97.1 Å². The Morgan fingerprint density at radius 3 is 1.21 bits per heavy atom. The van der Waals surface area contributed by atoms with Gasteiger partial charge in [-0.15, -0.1) is 0 Å². The molecule has 0 N–H and O–H groups in total. The zero-order valence-electron chi connectivity index (χ0n) is 13.1. The van der Waals surface area contributed by atoms with Crippen LogP contribution >= 0.6 is 18.6 Å². The van der Waals surface area contributed by atoms with E-state index in [-0.39, 0.29) is 0 Å². The Kier molecular flexibility index (Phi) is 12.6. The average Bonchev–Trinajstić information content (AvgIpc) is 3.48. The van der Waals surface area contributed by atoms with Gasteiger partial charge in [-0.3, -0.25) is 0 Å². The number of hydrogen-bond acceptors (Lipinski definition) is 0. The molecule has 0 radical (unpaired) electrons. The molecule has 0 heterocycles. The summed E-state index contributed by atoms with van der Waals surface area (Å²) in [5.41, 5.74) is 2.79. The van der Waals surface area contributed by atoms with E-state index < -0.39 is 0 Å². The number of halogens is 2. The molecular weight excluding hydrogens is 407 g/mol. The molecule has 2 aromatic carbocycles. The SMILES string of the molecule is C1=CC(c2cc[cH-]c2)C=C1.C1=CC(c2cc[cH-]c2)C=C1.[Cl][Ti+].[Cl][Ti+]. The molecule has 0 nitrogen and oxygen atoms in total. The summed E-state index contributed by atoms with van der Waals surface area (Å²) in [5.74, 6) is 1.07. The Balaban J connectivity index is 0.000000199. The van der Waals surface area contributed by atoms with Crippen LogP contribution < -0.4 is 0 Å². The molecule has 2 aliphatic rings. The quantitative estimate of drug-likeness (QED) is 0.376. The van der Waals surface area contributed by atoms with Gasteiger partial charge in [0.15, 0.2) is 0 Å². The molecule has 0 aromatic heterocycles. The van der Waals surface area contributed by atoms with Gasteiger partial charge < -0.3 is 0 Å². The molecule has 0 amide bonds. The first-order valence-corrected chi connectivity index (χ1v) is 11.7. The third-order valence-corrected chi connectivity index (χ3v) is 3.64. The van der Waals surface area contributed by atoms with E-state index in [4.69, 9.17) is 0 Å². The molecule has 4 heteroatoms. The van der Waals surface area contributed by atoms with Gasteiger partial charge in [0.25, 0.3) is 0 Å². The van der Waals surface area contributed by atoms with E-state index in [0.717, 1.165) is 0 Å². The maximum atomic E-state index is 4.64. The van der Waals surface area contributed by atoms with Crippen molar-refractivity contribution < 1.29 is 38.7 Å². The normalized spacial score (nSPS) is 14.3. The number of hydrogen-bond donors (Lipinski definition) is 0. The van der Waals surface area contributed by atoms with E-state index in [1.54, 1.807) is 0 Å². The van der Waals surface area contributed by atoms with Crippen LogP contribution in [0.1, 0.15) is 23.0 Å². The van der Waals surface area contributed by atoms with Crippen molar-refractivity contribution in [2.24, 2.45) is 0 Å². The molecule has 0 atom stereocenters. The van der Waals surface area contributed by atoms with Gasteiger partial charge in [0.1, 0.15) is 0 Å². The van der Waals surface area contributed by atoms with Crippen LogP contribution in [0.25, 0.3) is 0 Å². The molecule has 0 saturated heterocycles. The molecule has 0 saturated carbocycles. The molecule has 0 aliphatic heterocycles. The van der Waals surface area contributed by atoms with Gasteiger partial charge in [-0.2, -0.15) is 47.5 Å². The summed E-state index contributed by atoms with van der Waals surface area (Å²) in [6.45, 7) is 0. The Morgan fingerprint density at radius 1 is 0.625 bits per heavy atom. The van der Waals surface area contributed by atoms with Crippen LogP contribution in [0, 0.1) is 0 Å². The van der Waals surface area contributed by atoms with Crippen molar-refractivity contribution in [3.63, 3.8) is 0 Å². The third-order valence-electron chi connectivity index (χ3n) is 3.64. The molecule has 4 rings (SSSR count). The zero-order chi connectivity index (χ0) is 17.6. The van der Waals surface area contributed by atoms with E-state index >= 15 is 0 Å². The van der Waals surface area contributed by atoms with Crippen molar-refractivity contribution >= 4 is 18.6 Å². The Hall–Kier alpha value is -0.331. The van der Waals surface area contributed by atoms with E-state index in [2.05, 4.69) is 116 Å². The predicted octanol–water partition coefficient (Wildman–Crippen LogP) is 6.60. The van der Waals surface area contributed by atoms with Gasteiger partial charge in [0.2, 0.25) is 0 Å². The van der Waals surface area contributed by atoms with E-state index in [0.29, 0.717) is 11.8 Å². The topological polar surface area (TPSA) is 0 Å². The van der Waals surface area contributed by atoms with Crippen molar-refractivity contribution in [2.45, 2.75) is 11.8 Å². The minimum absolute atomic E-state index is 0.537. The molecule has 2 aliphatic carbocycles. The monoisotopic (exact) mass is 424 g/mol. The van der Waals surface area contributed by atoms with Crippen LogP contribution in [0.4, 0.5) is 0 Å². The second-order valence-electron chi connectivity index (χ2n) is 5.03. The van der Waals surface area contributed by atoms with Gasteiger partial charge in [0, 0.05) is 0 Å². The van der Waals surface area contributed by atoms with Crippen molar-refractivity contribution in [1.82, 2.24) is 0 Å². The summed E-state index contributed by atoms with van der Waals surface area (Å²) in [5, 5.41) is 0. The van der Waals surface area contributed by atoms with Crippen LogP contribution in [-0.2, 0) is 38.7 Å². The molecule has 2 aromatic rings. The van der Waals surface area contributed by atoms with E-state index in [1.807, 2.05) is 0 Å². The van der Waals surface area contributed by atoms with Crippen molar-refractivity contribution in [2.75, 3.05) is 0 Å². The molecule has 0 fully saturated rings. The summed E-state index contributed by atoms with van der Waals surface area (Å²) in [4.78, 5) is 0. The standard InChI is InChI=1S/2C10H9.2ClH.2Ti/c2*1-2-6-9(5-1)10-7-3-4-8-10;;;;/h2*1-9H;2*1H;;/q2*-1;;;2*+2/p-2. The van der Waals surface area contributed by atoms with Gasteiger partial charge in [-0.1, -0.05) is 48.6 Å². The summed E-state index contributed by atoms with van der Waals surface area (Å²) >= 11 is 2.94. The first kappa shape index (κ1) is 21.7. The average molecular weight is 425 g/mol. The molecule has 0 bridgehead atoms. The molecule has 120 valence electrons.